The number of amides is 2. The summed E-state index contributed by atoms with van der Waals surface area (Å²) >= 11 is 0. The van der Waals surface area contributed by atoms with E-state index in [1.807, 2.05) is 0 Å². The van der Waals surface area contributed by atoms with Gasteiger partial charge in [0.2, 0.25) is 18.6 Å². The zero-order chi connectivity index (χ0) is 18.4. The number of carbonyl (C=O) groups excluding carboxylic acids is 2. The topological polar surface area (TPSA) is 89.0 Å². The number of hydrogen-bond donors (Lipinski definition) is 2. The van der Waals surface area contributed by atoms with Gasteiger partial charge in [-0.2, -0.15) is 5.10 Å². The molecule has 134 valence electrons. The first kappa shape index (κ1) is 17.4. The standard InChI is InChI=1S/C18H16FN3O4/c19-13-2-4-14(5-3-13)21-17(23)7-8-18(24)22-20-10-12-1-6-15-16(9-12)26-11-25-15/h1-6,9-10H,7-8,11H2,(H,21,23)(H,22,24)/b20-10+. The number of carbonyl (C=O) groups is 2. The number of hydrazone groups is 1. The second kappa shape index (κ2) is 8.11. The molecule has 7 nitrogen and oxygen atoms in total. The molecule has 0 saturated carbocycles. The van der Waals surface area contributed by atoms with E-state index in [0.29, 0.717) is 17.2 Å². The van der Waals surface area contributed by atoms with Crippen molar-refractivity contribution in [2.75, 3.05) is 12.1 Å². The van der Waals surface area contributed by atoms with Crippen LogP contribution in [0.25, 0.3) is 0 Å². The molecule has 0 aliphatic carbocycles. The molecule has 2 amide bonds. The maximum Gasteiger partial charge on any atom is 0.240 e. The molecule has 0 spiro atoms. The normalized spacial score (nSPS) is 12.2. The Morgan fingerprint density at radius 1 is 1.04 bits per heavy atom. The van der Waals surface area contributed by atoms with Crippen LogP contribution in [-0.2, 0) is 9.59 Å². The maximum atomic E-state index is 12.8. The van der Waals surface area contributed by atoms with Gasteiger partial charge in [-0.05, 0) is 48.0 Å². The highest BCUT2D eigenvalue weighted by Crippen LogP contribution is 2.31. The smallest absolute Gasteiger partial charge is 0.240 e. The first-order valence-corrected chi connectivity index (χ1v) is 7.87. The summed E-state index contributed by atoms with van der Waals surface area (Å²) in [6.45, 7) is 0.187. The summed E-state index contributed by atoms with van der Waals surface area (Å²) in [6.07, 6.45) is 1.44. The number of nitrogens with zero attached hydrogens (tertiary/aromatic N) is 1. The molecular weight excluding hydrogens is 341 g/mol. The lowest BCUT2D eigenvalue weighted by atomic mass is 10.2. The number of fused-ring (bicyclic) bond motifs is 1. The van der Waals surface area contributed by atoms with Crippen LogP contribution in [0.4, 0.5) is 10.1 Å². The largest absolute Gasteiger partial charge is 0.454 e. The Kier molecular flexibility index (Phi) is 5.43. The van der Waals surface area contributed by atoms with Crippen LogP contribution in [0.15, 0.2) is 47.6 Å². The molecule has 0 aromatic heterocycles. The third-order valence-corrected chi connectivity index (χ3v) is 3.51. The average molecular weight is 357 g/mol. The highest BCUT2D eigenvalue weighted by atomic mass is 19.1. The van der Waals surface area contributed by atoms with Crippen molar-refractivity contribution >= 4 is 23.7 Å². The SMILES string of the molecule is O=C(CCC(=O)Nc1ccc(F)cc1)N/N=C/c1ccc2c(c1)OCO2. The Morgan fingerprint density at radius 3 is 2.58 bits per heavy atom. The van der Waals surface area contributed by atoms with Crippen molar-refractivity contribution in [1.29, 1.82) is 0 Å². The van der Waals surface area contributed by atoms with Crippen LogP contribution in [0.1, 0.15) is 18.4 Å². The van der Waals surface area contributed by atoms with Crippen molar-refractivity contribution < 1.29 is 23.5 Å². The maximum absolute atomic E-state index is 12.8. The van der Waals surface area contributed by atoms with Crippen molar-refractivity contribution in [2.24, 2.45) is 5.10 Å². The Hall–Kier alpha value is -3.42. The predicted octanol–water partition coefficient (Wildman–Crippen LogP) is 2.42. The Morgan fingerprint density at radius 2 is 1.77 bits per heavy atom. The Balaban J connectivity index is 1.41. The number of anilines is 1. The van der Waals surface area contributed by atoms with E-state index < -0.39 is 5.91 Å². The minimum Gasteiger partial charge on any atom is -0.454 e. The van der Waals surface area contributed by atoms with E-state index in [1.54, 1.807) is 18.2 Å². The number of hydrogen-bond acceptors (Lipinski definition) is 5. The fraction of sp³-hybridized carbons (Fsp3) is 0.167. The quantitative estimate of drug-likeness (QED) is 0.614. The van der Waals surface area contributed by atoms with E-state index in [4.69, 9.17) is 9.47 Å². The molecule has 0 fully saturated rings. The fourth-order valence-electron chi connectivity index (χ4n) is 2.21. The molecule has 2 N–H and O–H groups in total. The summed E-state index contributed by atoms with van der Waals surface area (Å²) in [7, 11) is 0. The number of benzene rings is 2. The molecule has 1 aliphatic rings. The van der Waals surface area contributed by atoms with Crippen LogP contribution in [0.3, 0.4) is 0 Å². The summed E-state index contributed by atoms with van der Waals surface area (Å²) in [6, 6.07) is 10.7. The van der Waals surface area contributed by atoms with E-state index in [0.717, 1.165) is 5.56 Å². The Labute approximate surface area is 148 Å². The van der Waals surface area contributed by atoms with Crippen LogP contribution in [0.5, 0.6) is 11.5 Å². The van der Waals surface area contributed by atoms with Crippen LogP contribution >= 0.6 is 0 Å². The molecule has 0 bridgehead atoms. The molecule has 1 aliphatic heterocycles. The van der Waals surface area contributed by atoms with Gasteiger partial charge in [-0.15, -0.1) is 0 Å². The highest BCUT2D eigenvalue weighted by Gasteiger charge is 2.12. The van der Waals surface area contributed by atoms with Crippen molar-refractivity contribution in [3.8, 4) is 11.5 Å². The number of ether oxygens (including phenoxy) is 2. The fourth-order valence-corrected chi connectivity index (χ4v) is 2.21. The van der Waals surface area contributed by atoms with Crippen LogP contribution in [0, 0.1) is 5.82 Å². The molecule has 26 heavy (non-hydrogen) atoms. The first-order valence-electron chi connectivity index (χ1n) is 7.87. The lowest BCUT2D eigenvalue weighted by Gasteiger charge is -2.04. The summed E-state index contributed by atoms with van der Waals surface area (Å²) < 4.78 is 23.2. The summed E-state index contributed by atoms with van der Waals surface area (Å²) in [5.41, 5.74) is 3.56. The second-order valence-electron chi connectivity index (χ2n) is 5.46. The molecule has 2 aromatic rings. The number of nitrogens with one attached hydrogen (secondary N) is 2. The minimum atomic E-state index is -0.392. The highest BCUT2D eigenvalue weighted by molar-refractivity contribution is 5.93. The number of halogens is 1. The van der Waals surface area contributed by atoms with Gasteiger partial charge in [-0.1, -0.05) is 0 Å². The van der Waals surface area contributed by atoms with Gasteiger partial charge in [-0.3, -0.25) is 9.59 Å². The average Bonchev–Trinajstić information content (AvgIpc) is 3.10. The van der Waals surface area contributed by atoms with Crippen molar-refractivity contribution in [3.63, 3.8) is 0 Å². The van der Waals surface area contributed by atoms with Gasteiger partial charge in [0, 0.05) is 18.5 Å². The zero-order valence-corrected chi connectivity index (χ0v) is 13.7. The third kappa shape index (κ3) is 4.79. The van der Waals surface area contributed by atoms with E-state index >= 15 is 0 Å². The van der Waals surface area contributed by atoms with Crippen LogP contribution in [-0.4, -0.2) is 24.8 Å². The molecule has 8 heteroatoms. The molecule has 0 atom stereocenters. The second-order valence-corrected chi connectivity index (χ2v) is 5.46. The minimum absolute atomic E-state index is 0.0112. The summed E-state index contributed by atoms with van der Waals surface area (Å²) in [4.78, 5) is 23.5. The summed E-state index contributed by atoms with van der Waals surface area (Å²) in [5.74, 6) is 0.168. The summed E-state index contributed by atoms with van der Waals surface area (Å²) in [5, 5.41) is 6.42. The molecule has 0 radical (unpaired) electrons. The zero-order valence-electron chi connectivity index (χ0n) is 13.7. The van der Waals surface area contributed by atoms with E-state index in [-0.39, 0.29) is 31.4 Å². The van der Waals surface area contributed by atoms with Gasteiger partial charge in [-0.25, -0.2) is 9.82 Å². The number of rotatable bonds is 6. The van der Waals surface area contributed by atoms with Gasteiger partial charge in [0.05, 0.1) is 6.21 Å². The van der Waals surface area contributed by atoms with E-state index in [9.17, 15) is 14.0 Å². The molecule has 3 rings (SSSR count). The van der Waals surface area contributed by atoms with Gasteiger partial charge < -0.3 is 14.8 Å². The van der Waals surface area contributed by atoms with Gasteiger partial charge >= 0.3 is 0 Å². The Bertz CT molecular complexity index is 837. The van der Waals surface area contributed by atoms with Crippen LogP contribution < -0.4 is 20.2 Å². The molecule has 0 unspecified atom stereocenters. The lowest BCUT2D eigenvalue weighted by molar-refractivity contribution is -0.124. The predicted molar refractivity (Wildman–Crippen MR) is 92.6 cm³/mol. The van der Waals surface area contributed by atoms with Crippen molar-refractivity contribution in [3.05, 3.63) is 53.8 Å². The van der Waals surface area contributed by atoms with E-state index in [1.165, 1.54) is 30.5 Å². The van der Waals surface area contributed by atoms with Gasteiger partial charge in [0.15, 0.2) is 11.5 Å². The van der Waals surface area contributed by atoms with Crippen LogP contribution in [0.2, 0.25) is 0 Å². The van der Waals surface area contributed by atoms with Crippen molar-refractivity contribution in [2.45, 2.75) is 12.8 Å². The van der Waals surface area contributed by atoms with Gasteiger partial charge in [0.25, 0.3) is 0 Å². The third-order valence-electron chi connectivity index (χ3n) is 3.51. The molecule has 2 aromatic carbocycles. The molecular formula is C18H16FN3O4. The van der Waals surface area contributed by atoms with E-state index in [2.05, 4.69) is 15.8 Å². The van der Waals surface area contributed by atoms with Crippen molar-refractivity contribution in [1.82, 2.24) is 5.43 Å². The first-order chi connectivity index (χ1) is 12.6. The van der Waals surface area contributed by atoms with Gasteiger partial charge in [0.1, 0.15) is 5.82 Å². The molecule has 1 heterocycles. The monoisotopic (exact) mass is 357 g/mol. The molecule has 0 saturated heterocycles. The lowest BCUT2D eigenvalue weighted by Crippen LogP contribution is -2.20.